The largest absolute Gasteiger partial charge is 0.356 e. The van der Waals surface area contributed by atoms with Crippen LogP contribution in [-0.4, -0.2) is 29.9 Å². The molecule has 0 saturated carbocycles. The molecule has 23 heavy (non-hydrogen) atoms. The van der Waals surface area contributed by atoms with Gasteiger partial charge in [-0.2, -0.15) is 0 Å². The summed E-state index contributed by atoms with van der Waals surface area (Å²) in [5.74, 6) is -0.212. The zero-order valence-electron chi connectivity index (χ0n) is 13.4. The van der Waals surface area contributed by atoms with Crippen LogP contribution in [0.5, 0.6) is 0 Å². The molecule has 2 rings (SSSR count). The molecule has 0 atom stereocenters. The molecule has 2 N–H and O–H groups in total. The average Bonchev–Trinajstić information content (AvgIpc) is 2.93. The van der Waals surface area contributed by atoms with Crippen molar-refractivity contribution in [2.75, 3.05) is 13.1 Å². The van der Waals surface area contributed by atoms with Crippen LogP contribution < -0.4 is 10.6 Å². The number of aromatic nitrogens is 1. The van der Waals surface area contributed by atoms with E-state index in [4.69, 9.17) is 0 Å². The Balaban J connectivity index is 1.65. The third kappa shape index (κ3) is 5.49. The van der Waals surface area contributed by atoms with Gasteiger partial charge in [-0.15, -0.1) is 11.3 Å². The molecule has 0 saturated heterocycles. The van der Waals surface area contributed by atoms with E-state index in [1.54, 1.807) is 17.4 Å². The van der Waals surface area contributed by atoms with Gasteiger partial charge >= 0.3 is 0 Å². The van der Waals surface area contributed by atoms with E-state index >= 15 is 0 Å². The Bertz CT molecular complexity index is 682. The Morgan fingerprint density at radius 1 is 1.13 bits per heavy atom. The topological polar surface area (TPSA) is 71.1 Å². The van der Waals surface area contributed by atoms with Gasteiger partial charge in [-0.05, 0) is 25.5 Å². The van der Waals surface area contributed by atoms with Gasteiger partial charge in [-0.3, -0.25) is 9.59 Å². The molecule has 1 heterocycles. The van der Waals surface area contributed by atoms with E-state index in [1.165, 1.54) is 0 Å². The number of hydrogen-bond acceptors (Lipinski definition) is 4. The van der Waals surface area contributed by atoms with Crippen LogP contribution in [0.15, 0.2) is 29.6 Å². The lowest BCUT2D eigenvalue weighted by atomic mass is 10.1. The Labute approximate surface area is 140 Å². The molecule has 1 aromatic carbocycles. The van der Waals surface area contributed by atoms with Gasteiger partial charge in [0.15, 0.2) is 0 Å². The van der Waals surface area contributed by atoms with Crippen molar-refractivity contribution >= 4 is 23.2 Å². The van der Waals surface area contributed by atoms with Crippen LogP contribution in [0.1, 0.15) is 33.0 Å². The molecule has 122 valence electrons. The summed E-state index contributed by atoms with van der Waals surface area (Å²) in [5, 5.41) is 8.65. The van der Waals surface area contributed by atoms with E-state index < -0.39 is 0 Å². The third-order valence-corrected chi connectivity index (χ3v) is 4.22. The molecule has 0 unspecified atom stereocenters. The molecule has 0 aliphatic carbocycles. The van der Waals surface area contributed by atoms with E-state index in [-0.39, 0.29) is 18.2 Å². The molecular weight excluding hydrogens is 310 g/mol. The van der Waals surface area contributed by atoms with Crippen molar-refractivity contribution in [3.05, 3.63) is 51.5 Å². The maximum atomic E-state index is 12.0. The summed E-state index contributed by atoms with van der Waals surface area (Å²) in [6.07, 6.45) is 0.999. The fourth-order valence-corrected chi connectivity index (χ4v) is 2.80. The number of thiazole rings is 1. The predicted octanol–water partition coefficient (Wildman–Crippen LogP) is 2.24. The Kier molecular flexibility index (Phi) is 6.29. The molecular formula is C17H21N3O2S. The molecule has 2 aromatic rings. The van der Waals surface area contributed by atoms with Crippen molar-refractivity contribution in [2.45, 2.75) is 26.7 Å². The number of hydrogen-bond donors (Lipinski definition) is 2. The van der Waals surface area contributed by atoms with Crippen molar-refractivity contribution in [2.24, 2.45) is 0 Å². The van der Waals surface area contributed by atoms with Crippen molar-refractivity contribution < 1.29 is 9.59 Å². The highest BCUT2D eigenvalue weighted by Crippen LogP contribution is 2.08. The lowest BCUT2D eigenvalue weighted by molar-refractivity contribution is -0.120. The van der Waals surface area contributed by atoms with Gasteiger partial charge in [0.05, 0.1) is 10.7 Å². The van der Waals surface area contributed by atoms with Crippen LogP contribution in [-0.2, 0) is 11.2 Å². The van der Waals surface area contributed by atoms with Gasteiger partial charge in [0.25, 0.3) is 5.91 Å². The molecule has 5 nitrogen and oxygen atoms in total. The van der Waals surface area contributed by atoms with Crippen molar-refractivity contribution in [3.63, 3.8) is 0 Å². The third-order valence-electron chi connectivity index (χ3n) is 3.40. The van der Waals surface area contributed by atoms with Gasteiger partial charge in [0, 0.05) is 36.9 Å². The van der Waals surface area contributed by atoms with Gasteiger partial charge in [0.1, 0.15) is 0 Å². The monoisotopic (exact) mass is 331 g/mol. The number of carbonyl (C=O) groups is 2. The first kappa shape index (κ1) is 17.1. The summed E-state index contributed by atoms with van der Waals surface area (Å²) in [7, 11) is 0. The SMILES string of the molecule is Cc1nc(CCNC(=O)CCNC(=O)c2ccccc2C)cs1. The second kappa shape index (κ2) is 8.43. The predicted molar refractivity (Wildman–Crippen MR) is 91.7 cm³/mol. The number of benzene rings is 1. The van der Waals surface area contributed by atoms with E-state index in [0.717, 1.165) is 22.7 Å². The number of amides is 2. The fraction of sp³-hybridized carbons (Fsp3) is 0.353. The van der Waals surface area contributed by atoms with E-state index in [2.05, 4.69) is 15.6 Å². The van der Waals surface area contributed by atoms with Gasteiger partial charge in [-0.25, -0.2) is 4.98 Å². The average molecular weight is 331 g/mol. The van der Waals surface area contributed by atoms with Crippen molar-refractivity contribution in [3.8, 4) is 0 Å². The van der Waals surface area contributed by atoms with Crippen LogP contribution in [0.2, 0.25) is 0 Å². The van der Waals surface area contributed by atoms with E-state index in [1.807, 2.05) is 37.4 Å². The van der Waals surface area contributed by atoms with E-state index in [9.17, 15) is 9.59 Å². The zero-order valence-corrected chi connectivity index (χ0v) is 14.2. The van der Waals surface area contributed by atoms with Crippen molar-refractivity contribution in [1.29, 1.82) is 0 Å². The summed E-state index contributed by atoms with van der Waals surface area (Å²) in [6, 6.07) is 7.39. The first-order valence-electron chi connectivity index (χ1n) is 7.58. The minimum atomic E-state index is -0.145. The summed E-state index contributed by atoms with van der Waals surface area (Å²) in [6.45, 7) is 4.74. The van der Waals surface area contributed by atoms with Crippen molar-refractivity contribution in [1.82, 2.24) is 15.6 Å². The van der Waals surface area contributed by atoms with Gasteiger partial charge in [-0.1, -0.05) is 18.2 Å². The van der Waals surface area contributed by atoms with Gasteiger partial charge in [0.2, 0.25) is 5.91 Å². The molecule has 0 spiro atoms. The number of aryl methyl sites for hydroxylation is 2. The first-order chi connectivity index (χ1) is 11.1. The molecule has 0 aliphatic heterocycles. The number of nitrogens with one attached hydrogen (secondary N) is 2. The molecule has 2 amide bonds. The smallest absolute Gasteiger partial charge is 0.251 e. The summed E-state index contributed by atoms with van der Waals surface area (Å²) < 4.78 is 0. The fourth-order valence-electron chi connectivity index (χ4n) is 2.15. The lowest BCUT2D eigenvalue weighted by Crippen LogP contribution is -2.31. The van der Waals surface area contributed by atoms with Gasteiger partial charge < -0.3 is 10.6 Å². The molecule has 1 aromatic heterocycles. The minimum absolute atomic E-state index is 0.0676. The lowest BCUT2D eigenvalue weighted by Gasteiger charge is -2.08. The summed E-state index contributed by atoms with van der Waals surface area (Å²) >= 11 is 1.61. The second-order valence-corrected chi connectivity index (χ2v) is 6.34. The van der Waals surface area contributed by atoms with Crippen LogP contribution in [0.25, 0.3) is 0 Å². The molecule has 0 aliphatic rings. The maximum Gasteiger partial charge on any atom is 0.251 e. The highest BCUT2D eigenvalue weighted by atomic mass is 32.1. The minimum Gasteiger partial charge on any atom is -0.356 e. The quantitative estimate of drug-likeness (QED) is 0.817. The zero-order chi connectivity index (χ0) is 16.7. The Hall–Kier alpha value is -2.21. The standard InChI is InChI=1S/C17H21N3O2S/c1-12-5-3-4-6-15(12)17(22)19-10-8-16(21)18-9-7-14-11-23-13(2)20-14/h3-6,11H,7-10H2,1-2H3,(H,18,21)(H,19,22). The second-order valence-electron chi connectivity index (χ2n) is 5.28. The highest BCUT2D eigenvalue weighted by Gasteiger charge is 2.08. The number of nitrogens with zero attached hydrogens (tertiary/aromatic N) is 1. The summed E-state index contributed by atoms with van der Waals surface area (Å²) in [4.78, 5) is 28.1. The first-order valence-corrected chi connectivity index (χ1v) is 8.46. The maximum absolute atomic E-state index is 12.0. The normalized spacial score (nSPS) is 10.3. The number of rotatable bonds is 7. The van der Waals surface area contributed by atoms with Crippen LogP contribution in [0, 0.1) is 13.8 Å². The van der Waals surface area contributed by atoms with Crippen LogP contribution in [0.3, 0.4) is 0 Å². The molecule has 6 heteroatoms. The van der Waals surface area contributed by atoms with E-state index in [0.29, 0.717) is 18.7 Å². The molecule has 0 fully saturated rings. The molecule has 0 bridgehead atoms. The molecule has 0 radical (unpaired) electrons. The Morgan fingerprint density at radius 2 is 1.91 bits per heavy atom. The Morgan fingerprint density at radius 3 is 2.61 bits per heavy atom. The van der Waals surface area contributed by atoms with Crippen LogP contribution in [0.4, 0.5) is 0 Å². The summed E-state index contributed by atoms with van der Waals surface area (Å²) in [5.41, 5.74) is 2.57. The highest BCUT2D eigenvalue weighted by molar-refractivity contribution is 7.09. The van der Waals surface area contributed by atoms with Crippen LogP contribution >= 0.6 is 11.3 Å². The number of carbonyl (C=O) groups excluding carboxylic acids is 2.